The summed E-state index contributed by atoms with van der Waals surface area (Å²) < 4.78 is 11.8. The third-order valence-electron chi connectivity index (χ3n) is 5.15. The number of benzene rings is 1. The lowest BCUT2D eigenvalue weighted by Crippen LogP contribution is -2.39. The van der Waals surface area contributed by atoms with E-state index in [0.717, 1.165) is 39.0 Å². The van der Waals surface area contributed by atoms with Crippen LogP contribution in [0, 0.1) is 0 Å². The van der Waals surface area contributed by atoms with Gasteiger partial charge in [0.05, 0.1) is 12.7 Å². The zero-order chi connectivity index (χ0) is 16.8. The summed E-state index contributed by atoms with van der Waals surface area (Å²) in [6.45, 7) is 2.71. The highest BCUT2D eigenvalue weighted by Gasteiger charge is 2.35. The Labute approximate surface area is 144 Å². The Bertz CT molecular complexity index is 479. The van der Waals surface area contributed by atoms with E-state index >= 15 is 0 Å². The number of aliphatic hydroxyl groups is 1. The van der Waals surface area contributed by atoms with Gasteiger partial charge in [0.25, 0.3) is 0 Å². The fourth-order valence-corrected chi connectivity index (χ4v) is 3.77. The monoisotopic (exact) mass is 334 g/mol. The van der Waals surface area contributed by atoms with Gasteiger partial charge in [-0.3, -0.25) is 4.90 Å². The van der Waals surface area contributed by atoms with Crippen LogP contribution in [0.5, 0.6) is 0 Å². The predicted molar refractivity (Wildman–Crippen MR) is 93.8 cm³/mol. The van der Waals surface area contributed by atoms with Crippen LogP contribution in [0.25, 0.3) is 0 Å². The van der Waals surface area contributed by atoms with Gasteiger partial charge in [0.2, 0.25) is 0 Å². The van der Waals surface area contributed by atoms with Crippen LogP contribution in [0.15, 0.2) is 30.3 Å². The number of rotatable bonds is 7. The lowest BCUT2D eigenvalue weighted by molar-refractivity contribution is -0.185. The van der Waals surface area contributed by atoms with Gasteiger partial charge < -0.3 is 19.9 Å². The smallest absolute Gasteiger partial charge is 0.158 e. The molecule has 5 heteroatoms. The van der Waals surface area contributed by atoms with E-state index in [-0.39, 0.29) is 31.1 Å². The maximum absolute atomic E-state index is 9.77. The second-order valence-corrected chi connectivity index (χ2v) is 6.83. The van der Waals surface area contributed by atoms with E-state index in [4.69, 9.17) is 9.47 Å². The molecule has 2 aliphatic rings. The standard InChI is InChI=1S/C19H30N2O3/c1-20-18(15-7-3-2-4-8-15)13-21-12-17(11-16(21)14-22)24-19-9-5-6-10-23-19/h2-4,7-8,16-20,22H,5-6,9-14H2,1H3/t16-,17?,18+,19?/m0/s1. The van der Waals surface area contributed by atoms with Gasteiger partial charge in [0.15, 0.2) is 6.29 Å². The summed E-state index contributed by atoms with van der Waals surface area (Å²) in [7, 11) is 1.99. The van der Waals surface area contributed by atoms with Gasteiger partial charge in [-0.25, -0.2) is 0 Å². The fourth-order valence-electron chi connectivity index (χ4n) is 3.77. The molecule has 5 nitrogen and oxygen atoms in total. The number of nitrogens with one attached hydrogen (secondary N) is 1. The van der Waals surface area contributed by atoms with Gasteiger partial charge in [-0.05, 0) is 38.3 Å². The Kier molecular flexibility index (Phi) is 6.63. The van der Waals surface area contributed by atoms with E-state index in [1.807, 2.05) is 13.1 Å². The zero-order valence-corrected chi connectivity index (χ0v) is 14.6. The van der Waals surface area contributed by atoms with E-state index in [2.05, 4.69) is 34.5 Å². The second-order valence-electron chi connectivity index (χ2n) is 6.83. The third-order valence-corrected chi connectivity index (χ3v) is 5.15. The minimum atomic E-state index is -0.0581. The summed E-state index contributed by atoms with van der Waals surface area (Å²) in [6, 6.07) is 10.9. The second kappa shape index (κ2) is 8.92. The molecule has 0 aliphatic carbocycles. The zero-order valence-electron chi connectivity index (χ0n) is 14.6. The number of hydrogen-bond donors (Lipinski definition) is 2. The van der Waals surface area contributed by atoms with E-state index in [9.17, 15) is 5.11 Å². The first-order valence-electron chi connectivity index (χ1n) is 9.14. The van der Waals surface area contributed by atoms with Crippen molar-refractivity contribution in [3.63, 3.8) is 0 Å². The molecule has 3 rings (SSSR count). The molecule has 2 saturated heterocycles. The number of likely N-dealkylation sites (N-methyl/N-ethyl adjacent to an activating group) is 1. The van der Waals surface area contributed by atoms with Crippen molar-refractivity contribution in [2.24, 2.45) is 0 Å². The van der Waals surface area contributed by atoms with Gasteiger partial charge in [0.1, 0.15) is 0 Å². The SMILES string of the molecule is CN[C@H](CN1CC(OC2CCCCO2)C[C@H]1CO)c1ccccc1. The first-order chi connectivity index (χ1) is 11.8. The summed E-state index contributed by atoms with van der Waals surface area (Å²) in [5.74, 6) is 0. The minimum absolute atomic E-state index is 0.0581. The molecule has 0 spiro atoms. The van der Waals surface area contributed by atoms with Crippen molar-refractivity contribution in [3.8, 4) is 0 Å². The molecule has 0 saturated carbocycles. The molecule has 0 aromatic heterocycles. The molecule has 0 amide bonds. The lowest BCUT2D eigenvalue weighted by atomic mass is 10.1. The van der Waals surface area contributed by atoms with Gasteiger partial charge in [-0.1, -0.05) is 30.3 Å². The summed E-state index contributed by atoms with van der Waals surface area (Å²) >= 11 is 0. The summed E-state index contributed by atoms with van der Waals surface area (Å²) in [4.78, 5) is 2.35. The third kappa shape index (κ3) is 4.55. The Hall–Kier alpha value is -0.980. The number of nitrogens with zero attached hydrogens (tertiary/aromatic N) is 1. The number of aliphatic hydroxyl groups excluding tert-OH is 1. The molecule has 24 heavy (non-hydrogen) atoms. The van der Waals surface area contributed by atoms with Crippen LogP contribution in [0.3, 0.4) is 0 Å². The average Bonchev–Trinajstić information content (AvgIpc) is 3.02. The molecule has 4 atom stereocenters. The normalized spacial score (nSPS) is 29.7. The quantitative estimate of drug-likeness (QED) is 0.798. The molecule has 2 heterocycles. The minimum Gasteiger partial charge on any atom is -0.395 e. The van der Waals surface area contributed by atoms with Crippen molar-refractivity contribution in [2.75, 3.05) is 33.4 Å². The summed E-state index contributed by atoms with van der Waals surface area (Å²) in [5.41, 5.74) is 1.27. The van der Waals surface area contributed by atoms with Crippen molar-refractivity contribution in [1.82, 2.24) is 10.2 Å². The Morgan fingerprint density at radius 3 is 2.83 bits per heavy atom. The summed E-state index contributed by atoms with van der Waals surface area (Å²) in [6.07, 6.45) is 4.28. The van der Waals surface area contributed by atoms with Gasteiger partial charge in [0, 0.05) is 31.8 Å². The van der Waals surface area contributed by atoms with Crippen LogP contribution < -0.4 is 5.32 Å². The maximum Gasteiger partial charge on any atom is 0.158 e. The molecular formula is C19H30N2O3. The molecular weight excluding hydrogens is 304 g/mol. The highest BCUT2D eigenvalue weighted by Crippen LogP contribution is 2.26. The largest absolute Gasteiger partial charge is 0.395 e. The summed E-state index contributed by atoms with van der Waals surface area (Å²) in [5, 5.41) is 13.2. The number of hydrogen-bond acceptors (Lipinski definition) is 5. The highest BCUT2D eigenvalue weighted by molar-refractivity contribution is 5.19. The number of ether oxygens (including phenoxy) is 2. The molecule has 134 valence electrons. The van der Waals surface area contributed by atoms with Crippen LogP contribution in [0.2, 0.25) is 0 Å². The van der Waals surface area contributed by atoms with Gasteiger partial charge in [-0.2, -0.15) is 0 Å². The fraction of sp³-hybridized carbons (Fsp3) is 0.684. The molecule has 0 radical (unpaired) electrons. The van der Waals surface area contributed by atoms with E-state index < -0.39 is 0 Å². The van der Waals surface area contributed by atoms with E-state index in [0.29, 0.717) is 0 Å². The molecule has 2 unspecified atom stereocenters. The van der Waals surface area contributed by atoms with Gasteiger partial charge >= 0.3 is 0 Å². The van der Waals surface area contributed by atoms with Crippen molar-refractivity contribution >= 4 is 0 Å². The molecule has 1 aromatic rings. The Morgan fingerprint density at radius 2 is 2.17 bits per heavy atom. The highest BCUT2D eigenvalue weighted by atomic mass is 16.7. The van der Waals surface area contributed by atoms with Crippen molar-refractivity contribution in [3.05, 3.63) is 35.9 Å². The predicted octanol–water partition coefficient (Wildman–Crippen LogP) is 1.93. The molecule has 2 N–H and O–H groups in total. The van der Waals surface area contributed by atoms with Crippen molar-refractivity contribution in [2.45, 2.75) is 50.2 Å². The van der Waals surface area contributed by atoms with Crippen LogP contribution in [0.4, 0.5) is 0 Å². The van der Waals surface area contributed by atoms with Gasteiger partial charge in [-0.15, -0.1) is 0 Å². The Balaban J connectivity index is 1.57. The first kappa shape index (κ1) is 17.8. The lowest BCUT2D eigenvalue weighted by Gasteiger charge is -2.28. The van der Waals surface area contributed by atoms with Crippen LogP contribution in [-0.2, 0) is 9.47 Å². The molecule has 2 fully saturated rings. The molecule has 2 aliphatic heterocycles. The maximum atomic E-state index is 9.77. The van der Waals surface area contributed by atoms with Crippen molar-refractivity contribution < 1.29 is 14.6 Å². The number of likely N-dealkylation sites (tertiary alicyclic amines) is 1. The Morgan fingerprint density at radius 1 is 1.33 bits per heavy atom. The molecule has 1 aromatic carbocycles. The average molecular weight is 334 g/mol. The first-order valence-corrected chi connectivity index (χ1v) is 9.14. The molecule has 0 bridgehead atoms. The van der Waals surface area contributed by atoms with Crippen LogP contribution >= 0.6 is 0 Å². The van der Waals surface area contributed by atoms with E-state index in [1.54, 1.807) is 0 Å². The topological polar surface area (TPSA) is 54.0 Å². The van der Waals surface area contributed by atoms with Crippen LogP contribution in [0.1, 0.15) is 37.3 Å². The van der Waals surface area contributed by atoms with Crippen LogP contribution in [-0.4, -0.2) is 61.8 Å². The van der Waals surface area contributed by atoms with E-state index in [1.165, 1.54) is 12.0 Å². The van der Waals surface area contributed by atoms with Crippen molar-refractivity contribution in [1.29, 1.82) is 0 Å².